The fourth-order valence-corrected chi connectivity index (χ4v) is 5.39. The van der Waals surface area contributed by atoms with Crippen molar-refractivity contribution in [2.24, 2.45) is 0 Å². The third-order valence-electron chi connectivity index (χ3n) is 7.08. The molecule has 4 aromatic rings. The van der Waals surface area contributed by atoms with Crippen molar-refractivity contribution in [2.75, 3.05) is 10.6 Å². The van der Waals surface area contributed by atoms with Gasteiger partial charge < -0.3 is 15.7 Å². The van der Waals surface area contributed by atoms with Gasteiger partial charge in [-0.1, -0.05) is 43.9 Å². The van der Waals surface area contributed by atoms with E-state index in [0.29, 0.717) is 18.0 Å². The van der Waals surface area contributed by atoms with E-state index in [2.05, 4.69) is 33.8 Å². The van der Waals surface area contributed by atoms with Gasteiger partial charge in [-0.05, 0) is 56.0 Å². The highest BCUT2D eigenvalue weighted by molar-refractivity contribution is 5.92. The summed E-state index contributed by atoms with van der Waals surface area (Å²) in [4.78, 5) is 9.41. The molecule has 34 heavy (non-hydrogen) atoms. The Morgan fingerprint density at radius 1 is 0.853 bits per heavy atom. The van der Waals surface area contributed by atoms with Gasteiger partial charge in [0.25, 0.3) is 0 Å². The zero-order valence-electron chi connectivity index (χ0n) is 19.2. The molecule has 0 saturated heterocycles. The van der Waals surface area contributed by atoms with E-state index in [4.69, 9.17) is 10.1 Å². The van der Waals surface area contributed by atoms with Crippen molar-refractivity contribution >= 4 is 17.3 Å². The third kappa shape index (κ3) is 4.06. The number of rotatable bonds is 6. The molecule has 0 unspecified atom stereocenters. The van der Waals surface area contributed by atoms with E-state index < -0.39 is 0 Å². The predicted octanol–water partition coefficient (Wildman–Crippen LogP) is 5.87. The standard InChI is InChI=1S/C27H30N6O/c34-21-12-5-7-18(17-21)26-25(22-15-16-28-27(31-22)30-20-10-3-4-11-20)23-13-6-14-24(33(23)32-26)29-19-8-1-2-9-19/h5-7,12-17,19-20,29,34H,1-4,8-11H2,(H,28,30,31). The van der Waals surface area contributed by atoms with Gasteiger partial charge in [0, 0.05) is 23.8 Å². The van der Waals surface area contributed by atoms with Crippen molar-refractivity contribution in [1.82, 2.24) is 19.6 Å². The third-order valence-corrected chi connectivity index (χ3v) is 7.08. The molecule has 0 bridgehead atoms. The molecule has 1 aromatic carbocycles. The van der Waals surface area contributed by atoms with Crippen LogP contribution < -0.4 is 10.6 Å². The summed E-state index contributed by atoms with van der Waals surface area (Å²) in [6, 6.07) is 16.4. The van der Waals surface area contributed by atoms with Crippen LogP contribution in [0.2, 0.25) is 0 Å². The largest absolute Gasteiger partial charge is 0.508 e. The molecule has 3 aromatic heterocycles. The lowest BCUT2D eigenvalue weighted by Crippen LogP contribution is -2.17. The lowest BCUT2D eigenvalue weighted by molar-refractivity contribution is 0.475. The monoisotopic (exact) mass is 454 g/mol. The molecule has 6 rings (SSSR count). The van der Waals surface area contributed by atoms with Crippen LogP contribution in [0.25, 0.3) is 28.0 Å². The Bertz CT molecular complexity index is 1300. The Morgan fingerprint density at radius 2 is 1.59 bits per heavy atom. The summed E-state index contributed by atoms with van der Waals surface area (Å²) in [7, 11) is 0. The number of benzene rings is 1. The van der Waals surface area contributed by atoms with E-state index in [9.17, 15) is 5.11 Å². The van der Waals surface area contributed by atoms with Crippen LogP contribution in [0.4, 0.5) is 11.8 Å². The molecule has 0 aliphatic heterocycles. The van der Waals surface area contributed by atoms with Gasteiger partial charge in [-0.2, -0.15) is 5.10 Å². The highest BCUT2D eigenvalue weighted by Crippen LogP contribution is 2.37. The fourth-order valence-electron chi connectivity index (χ4n) is 5.39. The lowest BCUT2D eigenvalue weighted by atomic mass is 10.0. The van der Waals surface area contributed by atoms with Crippen LogP contribution in [0.5, 0.6) is 5.75 Å². The molecular formula is C27H30N6O. The summed E-state index contributed by atoms with van der Waals surface area (Å²) in [6.45, 7) is 0. The summed E-state index contributed by atoms with van der Waals surface area (Å²) in [5, 5.41) is 22.4. The number of nitrogens with one attached hydrogen (secondary N) is 2. The minimum absolute atomic E-state index is 0.219. The number of anilines is 2. The normalized spacial score (nSPS) is 16.9. The molecule has 2 aliphatic rings. The van der Waals surface area contributed by atoms with E-state index in [1.807, 2.05) is 28.9 Å². The second-order valence-electron chi connectivity index (χ2n) is 9.50. The molecule has 0 radical (unpaired) electrons. The van der Waals surface area contributed by atoms with E-state index in [1.54, 1.807) is 12.1 Å². The molecule has 3 heterocycles. The van der Waals surface area contributed by atoms with Gasteiger partial charge >= 0.3 is 0 Å². The molecule has 0 atom stereocenters. The molecule has 7 nitrogen and oxygen atoms in total. The Balaban J connectivity index is 1.48. The number of aromatic nitrogens is 4. The summed E-state index contributed by atoms with van der Waals surface area (Å²) in [6.07, 6.45) is 11.6. The molecule has 174 valence electrons. The first-order chi connectivity index (χ1) is 16.7. The van der Waals surface area contributed by atoms with Gasteiger partial charge in [-0.25, -0.2) is 14.5 Å². The summed E-state index contributed by atoms with van der Waals surface area (Å²) >= 11 is 0. The summed E-state index contributed by atoms with van der Waals surface area (Å²) in [5.74, 6) is 1.86. The van der Waals surface area contributed by atoms with Gasteiger partial charge in [0.1, 0.15) is 17.3 Å². The topological polar surface area (TPSA) is 87.4 Å². The molecule has 2 fully saturated rings. The number of fused-ring (bicyclic) bond motifs is 1. The van der Waals surface area contributed by atoms with Crippen LogP contribution in [0.1, 0.15) is 51.4 Å². The van der Waals surface area contributed by atoms with Crippen molar-refractivity contribution in [3.8, 4) is 28.3 Å². The Labute approximate surface area is 199 Å². The number of nitrogens with zero attached hydrogens (tertiary/aromatic N) is 4. The molecule has 7 heteroatoms. The molecule has 0 amide bonds. The van der Waals surface area contributed by atoms with Crippen molar-refractivity contribution in [3.05, 3.63) is 54.7 Å². The summed E-state index contributed by atoms with van der Waals surface area (Å²) in [5.41, 5.74) is 4.39. The number of phenolic OH excluding ortho intramolecular Hbond substituents is 1. The number of phenols is 1. The Hall–Kier alpha value is -3.61. The Kier molecular flexibility index (Phi) is 5.53. The average Bonchev–Trinajstić information content (AvgIpc) is 3.61. The van der Waals surface area contributed by atoms with Crippen LogP contribution in [-0.4, -0.2) is 36.8 Å². The molecular weight excluding hydrogens is 424 g/mol. The predicted molar refractivity (Wildman–Crippen MR) is 135 cm³/mol. The number of hydrogen-bond acceptors (Lipinski definition) is 6. The van der Waals surface area contributed by atoms with Gasteiger partial charge in [-0.3, -0.25) is 0 Å². The van der Waals surface area contributed by atoms with Gasteiger partial charge in [-0.15, -0.1) is 0 Å². The highest BCUT2D eigenvalue weighted by atomic mass is 16.3. The van der Waals surface area contributed by atoms with Crippen LogP contribution in [0.3, 0.4) is 0 Å². The fraction of sp³-hybridized carbons (Fsp3) is 0.370. The van der Waals surface area contributed by atoms with E-state index in [-0.39, 0.29) is 5.75 Å². The van der Waals surface area contributed by atoms with Gasteiger partial charge in [0.15, 0.2) is 0 Å². The minimum Gasteiger partial charge on any atom is -0.508 e. The van der Waals surface area contributed by atoms with Crippen LogP contribution >= 0.6 is 0 Å². The first-order valence-corrected chi connectivity index (χ1v) is 12.4. The zero-order chi connectivity index (χ0) is 22.9. The number of aromatic hydroxyl groups is 1. The van der Waals surface area contributed by atoms with Crippen molar-refractivity contribution < 1.29 is 5.11 Å². The van der Waals surface area contributed by atoms with Gasteiger partial charge in [0.05, 0.1) is 16.8 Å². The van der Waals surface area contributed by atoms with Crippen LogP contribution in [0.15, 0.2) is 54.7 Å². The quantitative estimate of drug-likeness (QED) is 0.338. The van der Waals surface area contributed by atoms with Crippen molar-refractivity contribution in [1.29, 1.82) is 0 Å². The number of pyridine rings is 1. The van der Waals surface area contributed by atoms with E-state index in [0.717, 1.165) is 46.7 Å². The highest BCUT2D eigenvalue weighted by Gasteiger charge is 2.22. The van der Waals surface area contributed by atoms with Gasteiger partial charge in [0.2, 0.25) is 5.95 Å². The number of hydrogen-bond donors (Lipinski definition) is 3. The van der Waals surface area contributed by atoms with Crippen molar-refractivity contribution in [3.63, 3.8) is 0 Å². The first kappa shape index (κ1) is 21.0. The molecule has 0 spiro atoms. The average molecular weight is 455 g/mol. The van der Waals surface area contributed by atoms with E-state index in [1.165, 1.54) is 38.5 Å². The molecule has 2 aliphatic carbocycles. The second-order valence-corrected chi connectivity index (χ2v) is 9.50. The van der Waals surface area contributed by atoms with Crippen LogP contribution in [-0.2, 0) is 0 Å². The maximum Gasteiger partial charge on any atom is 0.223 e. The summed E-state index contributed by atoms with van der Waals surface area (Å²) < 4.78 is 1.99. The lowest BCUT2D eigenvalue weighted by Gasteiger charge is -2.14. The van der Waals surface area contributed by atoms with E-state index >= 15 is 0 Å². The maximum atomic E-state index is 10.2. The maximum absolute atomic E-state index is 10.2. The second kappa shape index (κ2) is 8.97. The van der Waals surface area contributed by atoms with Crippen molar-refractivity contribution in [2.45, 2.75) is 63.5 Å². The smallest absolute Gasteiger partial charge is 0.223 e. The Morgan fingerprint density at radius 3 is 2.35 bits per heavy atom. The molecule has 3 N–H and O–H groups in total. The SMILES string of the molecule is Oc1cccc(-c2nn3c(NC4CCCC4)cccc3c2-c2ccnc(NC3CCCC3)n2)c1. The van der Waals surface area contributed by atoms with Crippen LogP contribution in [0, 0.1) is 0 Å². The zero-order valence-corrected chi connectivity index (χ0v) is 19.2. The first-order valence-electron chi connectivity index (χ1n) is 12.4. The molecule has 2 saturated carbocycles. The minimum atomic E-state index is 0.219.